The lowest BCUT2D eigenvalue weighted by Gasteiger charge is -2.13. The van der Waals surface area contributed by atoms with Crippen LogP contribution in [0.1, 0.15) is 0 Å². The van der Waals surface area contributed by atoms with E-state index < -0.39 is 16.4 Å². The summed E-state index contributed by atoms with van der Waals surface area (Å²) in [4.78, 5) is 10.2. The van der Waals surface area contributed by atoms with Crippen LogP contribution in [0.3, 0.4) is 0 Å². The standard InChI is InChI=1S/C14H12FNO5/c1-19-12-4-3-5-13(14(12)20-2)21-11-7-6-9(15)8-10(11)16(17)18/h3-8H,1-2H3. The fourth-order valence-corrected chi connectivity index (χ4v) is 1.78. The molecule has 0 aliphatic carbocycles. The summed E-state index contributed by atoms with van der Waals surface area (Å²) in [6.45, 7) is 0. The second-order valence-electron chi connectivity index (χ2n) is 3.96. The Balaban J connectivity index is 2.46. The smallest absolute Gasteiger partial charge is 0.314 e. The molecule has 0 spiro atoms. The van der Waals surface area contributed by atoms with Gasteiger partial charge in [0.25, 0.3) is 0 Å². The minimum atomic E-state index is -0.717. The van der Waals surface area contributed by atoms with Gasteiger partial charge in [-0.25, -0.2) is 4.39 Å². The zero-order valence-corrected chi connectivity index (χ0v) is 11.3. The van der Waals surface area contributed by atoms with Gasteiger partial charge in [-0.15, -0.1) is 0 Å². The molecule has 2 aromatic rings. The predicted molar refractivity (Wildman–Crippen MR) is 72.7 cm³/mol. The number of nitro benzene ring substituents is 1. The Hall–Kier alpha value is -2.83. The second kappa shape index (κ2) is 6.08. The van der Waals surface area contributed by atoms with Crippen LogP contribution in [0, 0.1) is 15.9 Å². The third kappa shape index (κ3) is 3.02. The van der Waals surface area contributed by atoms with Crippen LogP contribution >= 0.6 is 0 Å². The van der Waals surface area contributed by atoms with E-state index in [9.17, 15) is 14.5 Å². The molecule has 7 heteroatoms. The number of nitrogens with zero attached hydrogens (tertiary/aromatic N) is 1. The molecular formula is C14H12FNO5. The van der Waals surface area contributed by atoms with Crippen molar-refractivity contribution < 1.29 is 23.5 Å². The maximum absolute atomic E-state index is 13.1. The van der Waals surface area contributed by atoms with E-state index in [0.717, 1.165) is 12.1 Å². The lowest BCUT2D eigenvalue weighted by atomic mass is 10.2. The van der Waals surface area contributed by atoms with Crippen molar-refractivity contribution >= 4 is 5.69 Å². The van der Waals surface area contributed by atoms with Gasteiger partial charge in [0, 0.05) is 0 Å². The highest BCUT2D eigenvalue weighted by Gasteiger charge is 2.19. The molecule has 0 aliphatic rings. The van der Waals surface area contributed by atoms with Crippen LogP contribution in [-0.4, -0.2) is 19.1 Å². The molecule has 0 aliphatic heterocycles. The second-order valence-corrected chi connectivity index (χ2v) is 3.96. The van der Waals surface area contributed by atoms with Gasteiger partial charge in [0.1, 0.15) is 5.82 Å². The Kier molecular flexibility index (Phi) is 4.22. The fraction of sp³-hybridized carbons (Fsp3) is 0.143. The van der Waals surface area contributed by atoms with Gasteiger partial charge >= 0.3 is 5.69 Å². The van der Waals surface area contributed by atoms with Crippen LogP contribution in [0.5, 0.6) is 23.0 Å². The minimum Gasteiger partial charge on any atom is -0.493 e. The van der Waals surface area contributed by atoms with E-state index in [4.69, 9.17) is 14.2 Å². The van der Waals surface area contributed by atoms with Gasteiger partial charge in [-0.05, 0) is 24.3 Å². The predicted octanol–water partition coefficient (Wildman–Crippen LogP) is 3.54. The van der Waals surface area contributed by atoms with Crippen molar-refractivity contribution in [2.24, 2.45) is 0 Å². The zero-order chi connectivity index (χ0) is 15.4. The monoisotopic (exact) mass is 293 g/mol. The van der Waals surface area contributed by atoms with Crippen molar-refractivity contribution in [3.05, 3.63) is 52.3 Å². The zero-order valence-electron chi connectivity index (χ0n) is 11.3. The molecule has 2 aromatic carbocycles. The van der Waals surface area contributed by atoms with Gasteiger partial charge in [0.15, 0.2) is 11.5 Å². The van der Waals surface area contributed by atoms with Crippen LogP contribution in [0.2, 0.25) is 0 Å². The average Bonchev–Trinajstić information content (AvgIpc) is 2.48. The number of rotatable bonds is 5. The van der Waals surface area contributed by atoms with Crippen molar-refractivity contribution in [2.75, 3.05) is 14.2 Å². The first-order valence-corrected chi connectivity index (χ1v) is 5.89. The molecule has 0 heterocycles. The topological polar surface area (TPSA) is 70.8 Å². The fourth-order valence-electron chi connectivity index (χ4n) is 1.78. The number of ether oxygens (including phenoxy) is 3. The lowest BCUT2D eigenvalue weighted by molar-refractivity contribution is -0.385. The van der Waals surface area contributed by atoms with Crippen LogP contribution < -0.4 is 14.2 Å². The molecule has 110 valence electrons. The number of methoxy groups -OCH3 is 2. The number of hydrogen-bond acceptors (Lipinski definition) is 5. The summed E-state index contributed by atoms with van der Waals surface area (Å²) < 4.78 is 28.9. The molecule has 0 unspecified atom stereocenters. The molecule has 0 atom stereocenters. The summed E-state index contributed by atoms with van der Waals surface area (Å²) in [7, 11) is 2.88. The lowest BCUT2D eigenvalue weighted by Crippen LogP contribution is -1.97. The van der Waals surface area contributed by atoms with E-state index in [-0.39, 0.29) is 11.5 Å². The number of nitro groups is 1. The van der Waals surface area contributed by atoms with Crippen LogP contribution in [0.4, 0.5) is 10.1 Å². The molecule has 0 amide bonds. The molecule has 0 fully saturated rings. The van der Waals surface area contributed by atoms with Crippen molar-refractivity contribution in [1.29, 1.82) is 0 Å². The molecular weight excluding hydrogens is 281 g/mol. The third-order valence-electron chi connectivity index (χ3n) is 2.70. The summed E-state index contributed by atoms with van der Waals surface area (Å²) in [5.74, 6) is 0.129. The Bertz CT molecular complexity index is 674. The first-order chi connectivity index (χ1) is 10.1. The molecule has 0 radical (unpaired) electrons. The molecule has 21 heavy (non-hydrogen) atoms. The molecule has 0 N–H and O–H groups in total. The summed E-state index contributed by atoms with van der Waals surface area (Å²) in [6, 6.07) is 7.93. The molecule has 2 rings (SSSR count). The summed E-state index contributed by atoms with van der Waals surface area (Å²) >= 11 is 0. The van der Waals surface area contributed by atoms with Gasteiger partial charge < -0.3 is 14.2 Å². The highest BCUT2D eigenvalue weighted by Crippen LogP contribution is 2.41. The first kappa shape index (κ1) is 14.6. The van der Waals surface area contributed by atoms with Gasteiger partial charge in [-0.2, -0.15) is 0 Å². The van der Waals surface area contributed by atoms with Crippen molar-refractivity contribution in [1.82, 2.24) is 0 Å². The van der Waals surface area contributed by atoms with Crippen LogP contribution in [0.25, 0.3) is 0 Å². The normalized spacial score (nSPS) is 10.0. The number of hydrogen-bond donors (Lipinski definition) is 0. The molecule has 0 aromatic heterocycles. The number of para-hydroxylation sites is 1. The van der Waals surface area contributed by atoms with Gasteiger partial charge in [0.2, 0.25) is 11.5 Å². The number of halogens is 1. The van der Waals surface area contributed by atoms with Crippen LogP contribution in [-0.2, 0) is 0 Å². The summed E-state index contributed by atoms with van der Waals surface area (Å²) in [5, 5.41) is 10.9. The Morgan fingerprint density at radius 1 is 1.05 bits per heavy atom. The van der Waals surface area contributed by atoms with Crippen LogP contribution in [0.15, 0.2) is 36.4 Å². The quantitative estimate of drug-likeness (QED) is 0.623. The average molecular weight is 293 g/mol. The molecule has 0 saturated heterocycles. The summed E-state index contributed by atoms with van der Waals surface area (Å²) in [6.07, 6.45) is 0. The van der Waals surface area contributed by atoms with Crippen molar-refractivity contribution in [3.63, 3.8) is 0 Å². The maximum atomic E-state index is 13.1. The Labute approximate surface area is 119 Å². The Morgan fingerprint density at radius 2 is 1.76 bits per heavy atom. The van der Waals surface area contributed by atoms with Gasteiger partial charge in [-0.1, -0.05) is 6.07 Å². The van der Waals surface area contributed by atoms with Crippen molar-refractivity contribution in [2.45, 2.75) is 0 Å². The molecule has 6 nitrogen and oxygen atoms in total. The highest BCUT2D eigenvalue weighted by atomic mass is 19.1. The van der Waals surface area contributed by atoms with E-state index in [0.29, 0.717) is 11.5 Å². The van der Waals surface area contributed by atoms with E-state index >= 15 is 0 Å². The minimum absolute atomic E-state index is 0.0899. The third-order valence-corrected chi connectivity index (χ3v) is 2.70. The number of benzene rings is 2. The van der Waals surface area contributed by atoms with E-state index in [1.165, 1.54) is 20.3 Å². The largest absolute Gasteiger partial charge is 0.493 e. The highest BCUT2D eigenvalue weighted by molar-refractivity contribution is 5.55. The SMILES string of the molecule is COc1cccc(Oc2ccc(F)cc2[N+](=O)[O-])c1OC. The van der Waals surface area contributed by atoms with E-state index in [2.05, 4.69) is 0 Å². The first-order valence-electron chi connectivity index (χ1n) is 5.89. The maximum Gasteiger partial charge on any atom is 0.314 e. The molecule has 0 bridgehead atoms. The van der Waals surface area contributed by atoms with E-state index in [1.807, 2.05) is 0 Å². The summed E-state index contributed by atoms with van der Waals surface area (Å²) in [5.41, 5.74) is -0.472. The Morgan fingerprint density at radius 3 is 2.38 bits per heavy atom. The van der Waals surface area contributed by atoms with Gasteiger partial charge in [-0.3, -0.25) is 10.1 Å². The molecule has 0 saturated carbocycles. The van der Waals surface area contributed by atoms with E-state index in [1.54, 1.807) is 18.2 Å². The van der Waals surface area contributed by atoms with Crippen molar-refractivity contribution in [3.8, 4) is 23.0 Å². The van der Waals surface area contributed by atoms with Gasteiger partial charge in [0.05, 0.1) is 25.2 Å².